The highest BCUT2D eigenvalue weighted by molar-refractivity contribution is 5.76. The molecule has 2 rings (SSSR count). The van der Waals surface area contributed by atoms with E-state index in [4.69, 9.17) is 0 Å². The molecule has 2 aromatic rings. The van der Waals surface area contributed by atoms with Gasteiger partial charge >= 0.3 is 6.18 Å². The predicted molar refractivity (Wildman–Crippen MR) is 90.1 cm³/mol. The predicted octanol–water partition coefficient (Wildman–Crippen LogP) is 4.30. The molecule has 0 radical (unpaired) electrons. The number of benzene rings is 1. The van der Waals surface area contributed by atoms with Gasteiger partial charge in [0.15, 0.2) is 0 Å². The summed E-state index contributed by atoms with van der Waals surface area (Å²) in [5.74, 6) is -0.382. The Kier molecular flexibility index (Phi) is 6.17. The second-order valence-corrected chi connectivity index (χ2v) is 6.11. The standard InChI is InChI=1S/C19H21F3N2O/c1-14(15-6-5-7-16(13-15)19(20,21)22)12-18(25)24(2)11-9-17-8-3-4-10-23-17/h3-8,10,13-14H,9,11-12H2,1-2H3. The summed E-state index contributed by atoms with van der Waals surface area (Å²) < 4.78 is 38.4. The summed E-state index contributed by atoms with van der Waals surface area (Å²) in [5.41, 5.74) is 0.724. The number of alkyl halides is 3. The Morgan fingerprint density at radius 2 is 1.96 bits per heavy atom. The Bertz CT molecular complexity index is 701. The molecule has 1 aromatic carbocycles. The third kappa shape index (κ3) is 5.59. The Hall–Kier alpha value is -2.37. The van der Waals surface area contributed by atoms with Crippen molar-refractivity contribution in [2.45, 2.75) is 31.9 Å². The largest absolute Gasteiger partial charge is 0.416 e. The first-order chi connectivity index (χ1) is 11.8. The molecule has 6 heteroatoms. The van der Waals surface area contributed by atoms with Crippen molar-refractivity contribution in [2.75, 3.05) is 13.6 Å². The maximum atomic E-state index is 12.8. The van der Waals surface area contributed by atoms with Crippen LogP contribution in [0.25, 0.3) is 0 Å². The van der Waals surface area contributed by atoms with Gasteiger partial charge in [0.1, 0.15) is 0 Å². The van der Waals surface area contributed by atoms with Crippen LogP contribution in [0.1, 0.15) is 36.1 Å². The molecule has 1 atom stereocenters. The van der Waals surface area contributed by atoms with E-state index in [2.05, 4.69) is 4.98 Å². The van der Waals surface area contributed by atoms with Gasteiger partial charge in [-0.3, -0.25) is 9.78 Å². The van der Waals surface area contributed by atoms with Crippen LogP contribution < -0.4 is 0 Å². The number of likely N-dealkylation sites (N-methyl/N-ethyl adjacent to an activating group) is 1. The number of aromatic nitrogens is 1. The minimum absolute atomic E-state index is 0.0964. The SMILES string of the molecule is CC(CC(=O)N(C)CCc1ccccn1)c1cccc(C(F)(F)F)c1. The first kappa shape index (κ1) is 19.0. The molecule has 0 N–H and O–H groups in total. The Labute approximate surface area is 145 Å². The molecule has 1 amide bonds. The molecule has 0 bridgehead atoms. The zero-order valence-corrected chi connectivity index (χ0v) is 14.3. The van der Waals surface area contributed by atoms with Gasteiger partial charge in [0.25, 0.3) is 0 Å². The average molecular weight is 350 g/mol. The summed E-state index contributed by atoms with van der Waals surface area (Å²) in [6, 6.07) is 10.8. The normalized spacial score (nSPS) is 12.7. The maximum absolute atomic E-state index is 12.8. The van der Waals surface area contributed by atoms with E-state index in [1.165, 1.54) is 6.07 Å². The van der Waals surface area contributed by atoms with Gasteiger partial charge in [-0.15, -0.1) is 0 Å². The summed E-state index contributed by atoms with van der Waals surface area (Å²) >= 11 is 0. The van der Waals surface area contributed by atoms with Gasteiger partial charge < -0.3 is 4.90 Å². The first-order valence-electron chi connectivity index (χ1n) is 8.08. The molecule has 1 unspecified atom stereocenters. The molecule has 0 saturated heterocycles. The molecular formula is C19H21F3N2O. The van der Waals surface area contributed by atoms with E-state index >= 15 is 0 Å². The van der Waals surface area contributed by atoms with Crippen molar-refractivity contribution >= 4 is 5.91 Å². The first-order valence-corrected chi connectivity index (χ1v) is 8.08. The third-order valence-corrected chi connectivity index (χ3v) is 4.12. The summed E-state index contributed by atoms with van der Waals surface area (Å²) in [4.78, 5) is 18.1. The van der Waals surface area contributed by atoms with Crippen molar-refractivity contribution in [1.29, 1.82) is 0 Å². The Balaban J connectivity index is 1.93. The van der Waals surface area contributed by atoms with Crippen LogP contribution in [0.4, 0.5) is 13.2 Å². The highest BCUT2D eigenvalue weighted by Gasteiger charge is 2.30. The molecule has 134 valence electrons. The molecule has 1 heterocycles. The molecule has 0 saturated carbocycles. The quantitative estimate of drug-likeness (QED) is 0.778. The van der Waals surface area contributed by atoms with Crippen molar-refractivity contribution in [3.8, 4) is 0 Å². The molecule has 25 heavy (non-hydrogen) atoms. The molecular weight excluding hydrogens is 329 g/mol. The van der Waals surface area contributed by atoms with Crippen LogP contribution >= 0.6 is 0 Å². The van der Waals surface area contributed by atoms with Gasteiger partial charge in [0, 0.05) is 38.3 Å². The van der Waals surface area contributed by atoms with Crippen LogP contribution in [-0.2, 0) is 17.4 Å². The smallest absolute Gasteiger partial charge is 0.345 e. The van der Waals surface area contributed by atoms with Crippen LogP contribution in [0.3, 0.4) is 0 Å². The summed E-state index contributed by atoms with van der Waals surface area (Å²) in [7, 11) is 1.70. The fourth-order valence-electron chi connectivity index (χ4n) is 2.51. The lowest BCUT2D eigenvalue weighted by molar-refractivity contribution is -0.137. The van der Waals surface area contributed by atoms with Crippen LogP contribution in [-0.4, -0.2) is 29.4 Å². The average Bonchev–Trinajstić information content (AvgIpc) is 2.59. The topological polar surface area (TPSA) is 33.2 Å². The second-order valence-electron chi connectivity index (χ2n) is 6.11. The number of halogens is 3. The number of amides is 1. The number of hydrogen-bond acceptors (Lipinski definition) is 2. The van der Waals surface area contributed by atoms with Crippen molar-refractivity contribution in [3.63, 3.8) is 0 Å². The lowest BCUT2D eigenvalue weighted by atomic mass is 9.95. The fourth-order valence-corrected chi connectivity index (χ4v) is 2.51. The van der Waals surface area contributed by atoms with Crippen LogP contribution in [0.15, 0.2) is 48.7 Å². The lowest BCUT2D eigenvalue weighted by Gasteiger charge is -2.20. The van der Waals surface area contributed by atoms with Gasteiger partial charge in [-0.05, 0) is 29.7 Å². The van der Waals surface area contributed by atoms with Gasteiger partial charge in [-0.2, -0.15) is 13.2 Å². The van der Waals surface area contributed by atoms with Crippen molar-refractivity contribution in [3.05, 3.63) is 65.5 Å². The minimum Gasteiger partial charge on any atom is -0.345 e. The monoisotopic (exact) mass is 350 g/mol. The molecule has 0 spiro atoms. The highest BCUT2D eigenvalue weighted by Crippen LogP contribution is 2.31. The van der Waals surface area contributed by atoms with E-state index in [1.54, 1.807) is 31.1 Å². The number of carbonyl (C=O) groups excluding carboxylic acids is 1. The van der Waals surface area contributed by atoms with Crippen LogP contribution in [0.5, 0.6) is 0 Å². The number of pyridine rings is 1. The Morgan fingerprint density at radius 3 is 2.60 bits per heavy atom. The van der Waals surface area contributed by atoms with Crippen molar-refractivity contribution in [1.82, 2.24) is 9.88 Å². The fraction of sp³-hybridized carbons (Fsp3) is 0.368. The lowest BCUT2D eigenvalue weighted by Crippen LogP contribution is -2.29. The minimum atomic E-state index is -4.38. The molecule has 1 aromatic heterocycles. The summed E-state index contributed by atoms with van der Waals surface area (Å²) in [5, 5.41) is 0. The van der Waals surface area contributed by atoms with Crippen LogP contribution in [0, 0.1) is 0 Å². The molecule has 0 aliphatic heterocycles. The van der Waals surface area contributed by atoms with Crippen molar-refractivity contribution < 1.29 is 18.0 Å². The van der Waals surface area contributed by atoms with Gasteiger partial charge in [0.05, 0.1) is 5.56 Å². The van der Waals surface area contributed by atoms with E-state index in [0.29, 0.717) is 18.5 Å². The summed E-state index contributed by atoms with van der Waals surface area (Å²) in [6.45, 7) is 2.28. The maximum Gasteiger partial charge on any atom is 0.416 e. The zero-order valence-electron chi connectivity index (χ0n) is 14.3. The van der Waals surface area contributed by atoms with E-state index < -0.39 is 11.7 Å². The number of nitrogens with zero attached hydrogens (tertiary/aromatic N) is 2. The second kappa shape index (κ2) is 8.14. The molecule has 3 nitrogen and oxygen atoms in total. The van der Waals surface area contributed by atoms with Crippen molar-refractivity contribution in [2.24, 2.45) is 0 Å². The highest BCUT2D eigenvalue weighted by atomic mass is 19.4. The van der Waals surface area contributed by atoms with Gasteiger partial charge in [-0.1, -0.05) is 31.2 Å². The molecule has 0 aliphatic carbocycles. The number of rotatable bonds is 6. The molecule has 0 fully saturated rings. The zero-order chi connectivity index (χ0) is 18.4. The summed E-state index contributed by atoms with van der Waals surface area (Å²) in [6.07, 6.45) is -1.87. The van der Waals surface area contributed by atoms with E-state index in [1.807, 2.05) is 18.2 Å². The Morgan fingerprint density at radius 1 is 1.20 bits per heavy atom. The van der Waals surface area contributed by atoms with E-state index in [9.17, 15) is 18.0 Å². The number of carbonyl (C=O) groups is 1. The van der Waals surface area contributed by atoms with Crippen LogP contribution in [0.2, 0.25) is 0 Å². The van der Waals surface area contributed by atoms with Gasteiger partial charge in [0.2, 0.25) is 5.91 Å². The third-order valence-electron chi connectivity index (χ3n) is 4.12. The number of hydrogen-bond donors (Lipinski definition) is 0. The van der Waals surface area contributed by atoms with E-state index in [0.717, 1.165) is 17.8 Å². The van der Waals surface area contributed by atoms with Gasteiger partial charge in [-0.25, -0.2) is 0 Å². The van der Waals surface area contributed by atoms with E-state index in [-0.39, 0.29) is 18.2 Å². The molecule has 0 aliphatic rings.